The first kappa shape index (κ1) is 19.7. The number of thiocarbonyl (C=S) groups is 1. The van der Waals surface area contributed by atoms with Crippen LogP contribution in [0, 0.1) is 10.1 Å². The van der Waals surface area contributed by atoms with E-state index in [-0.39, 0.29) is 10.8 Å². The van der Waals surface area contributed by atoms with Crippen LogP contribution in [0.25, 0.3) is 10.8 Å². The highest BCUT2D eigenvalue weighted by atomic mass is 79.9. The fourth-order valence-electron chi connectivity index (χ4n) is 2.68. The van der Waals surface area contributed by atoms with Crippen LogP contribution in [0.2, 0.25) is 0 Å². The Kier molecular flexibility index (Phi) is 5.86. The SMILES string of the molecule is COc1c(C(=O)NC(=S)Nc2cccc([N+](=O)[O-])c2)cc2ccccc2c1Br. The molecule has 9 heteroatoms. The number of hydrogen-bond acceptors (Lipinski definition) is 5. The molecule has 0 aromatic heterocycles. The van der Waals surface area contributed by atoms with Gasteiger partial charge in [0, 0.05) is 17.8 Å². The van der Waals surface area contributed by atoms with Gasteiger partial charge >= 0.3 is 0 Å². The minimum atomic E-state index is -0.510. The number of amides is 1. The number of fused-ring (bicyclic) bond motifs is 1. The molecule has 2 N–H and O–H groups in total. The quantitative estimate of drug-likeness (QED) is 0.335. The molecule has 142 valence electrons. The van der Waals surface area contributed by atoms with E-state index < -0.39 is 10.8 Å². The topological polar surface area (TPSA) is 93.5 Å². The first-order chi connectivity index (χ1) is 13.4. The third kappa shape index (κ3) is 4.10. The molecule has 0 spiro atoms. The molecular formula is C19H14BrN3O4S. The van der Waals surface area contributed by atoms with Gasteiger partial charge in [-0.25, -0.2) is 0 Å². The molecule has 0 heterocycles. The average Bonchev–Trinajstić information content (AvgIpc) is 2.68. The standard InChI is InChI=1S/C19H14BrN3O4S/c1-27-17-15(9-11-5-2-3-8-14(11)16(17)20)18(24)22-19(28)21-12-6-4-7-13(10-12)23(25)26/h2-10H,1H3,(H2,21,22,24,28). The number of nitro groups is 1. The van der Waals surface area contributed by atoms with Crippen LogP contribution < -0.4 is 15.4 Å². The molecule has 1 amide bonds. The molecule has 3 rings (SSSR count). The van der Waals surface area contributed by atoms with Crippen molar-refractivity contribution in [1.82, 2.24) is 5.32 Å². The number of hydrogen-bond donors (Lipinski definition) is 2. The van der Waals surface area contributed by atoms with Crippen LogP contribution in [-0.2, 0) is 0 Å². The van der Waals surface area contributed by atoms with Crippen molar-refractivity contribution in [3.8, 4) is 5.75 Å². The van der Waals surface area contributed by atoms with Gasteiger partial charge in [0.15, 0.2) is 5.11 Å². The van der Waals surface area contributed by atoms with Gasteiger partial charge in [0.25, 0.3) is 11.6 Å². The highest BCUT2D eigenvalue weighted by Gasteiger charge is 2.19. The van der Waals surface area contributed by atoms with Crippen molar-refractivity contribution < 1.29 is 14.5 Å². The molecule has 0 unspecified atom stereocenters. The van der Waals surface area contributed by atoms with E-state index in [2.05, 4.69) is 26.6 Å². The number of anilines is 1. The number of carbonyl (C=O) groups is 1. The van der Waals surface area contributed by atoms with Gasteiger partial charge < -0.3 is 10.1 Å². The third-order valence-electron chi connectivity index (χ3n) is 3.93. The molecule has 0 aliphatic heterocycles. The van der Waals surface area contributed by atoms with E-state index in [0.29, 0.717) is 21.5 Å². The zero-order valence-electron chi connectivity index (χ0n) is 14.6. The van der Waals surface area contributed by atoms with Crippen molar-refractivity contribution in [2.24, 2.45) is 0 Å². The number of rotatable bonds is 4. The highest BCUT2D eigenvalue weighted by Crippen LogP contribution is 2.36. The van der Waals surface area contributed by atoms with Crippen LogP contribution in [0.3, 0.4) is 0 Å². The van der Waals surface area contributed by atoms with Crippen molar-refractivity contribution in [3.05, 3.63) is 74.7 Å². The summed E-state index contributed by atoms with van der Waals surface area (Å²) in [5.74, 6) is -0.0828. The fourth-order valence-corrected chi connectivity index (χ4v) is 3.63. The average molecular weight is 460 g/mol. The summed E-state index contributed by atoms with van der Waals surface area (Å²) in [6, 6.07) is 15.1. The summed E-state index contributed by atoms with van der Waals surface area (Å²) < 4.78 is 6.06. The lowest BCUT2D eigenvalue weighted by molar-refractivity contribution is -0.384. The van der Waals surface area contributed by atoms with Crippen LogP contribution >= 0.6 is 28.1 Å². The minimum absolute atomic E-state index is 0.0110. The molecule has 0 saturated carbocycles. The molecule has 0 radical (unpaired) electrons. The summed E-state index contributed by atoms with van der Waals surface area (Å²) in [5, 5.41) is 18.0. The lowest BCUT2D eigenvalue weighted by Crippen LogP contribution is -2.34. The molecule has 7 nitrogen and oxygen atoms in total. The van der Waals surface area contributed by atoms with Gasteiger partial charge in [-0.2, -0.15) is 0 Å². The molecule has 0 aliphatic rings. The second-order valence-electron chi connectivity index (χ2n) is 5.71. The number of nitrogens with one attached hydrogen (secondary N) is 2. The summed E-state index contributed by atoms with van der Waals surface area (Å²) in [5.41, 5.74) is 0.613. The minimum Gasteiger partial charge on any atom is -0.495 e. The summed E-state index contributed by atoms with van der Waals surface area (Å²) in [6.07, 6.45) is 0. The molecule has 28 heavy (non-hydrogen) atoms. The van der Waals surface area contributed by atoms with Gasteiger partial charge in [-0.1, -0.05) is 30.3 Å². The monoisotopic (exact) mass is 459 g/mol. The Bertz CT molecular complexity index is 1100. The number of halogens is 1. The lowest BCUT2D eigenvalue weighted by atomic mass is 10.1. The van der Waals surface area contributed by atoms with E-state index in [4.69, 9.17) is 17.0 Å². The van der Waals surface area contributed by atoms with Crippen LogP contribution in [0.1, 0.15) is 10.4 Å². The molecule has 0 saturated heterocycles. The van der Waals surface area contributed by atoms with Crippen LogP contribution in [-0.4, -0.2) is 23.1 Å². The van der Waals surface area contributed by atoms with E-state index in [1.807, 2.05) is 24.3 Å². The summed E-state index contributed by atoms with van der Waals surface area (Å²) in [4.78, 5) is 23.1. The predicted molar refractivity (Wildman–Crippen MR) is 115 cm³/mol. The highest BCUT2D eigenvalue weighted by molar-refractivity contribution is 9.10. The first-order valence-electron chi connectivity index (χ1n) is 8.02. The second kappa shape index (κ2) is 8.32. The Morgan fingerprint density at radius 2 is 1.93 bits per heavy atom. The van der Waals surface area contributed by atoms with Crippen LogP contribution in [0.4, 0.5) is 11.4 Å². The Hall–Kier alpha value is -3.04. The van der Waals surface area contributed by atoms with Gasteiger partial charge in [0.1, 0.15) is 5.75 Å². The van der Waals surface area contributed by atoms with Crippen molar-refractivity contribution in [2.45, 2.75) is 0 Å². The molecule has 0 bridgehead atoms. The van der Waals surface area contributed by atoms with Crippen molar-refractivity contribution in [3.63, 3.8) is 0 Å². The van der Waals surface area contributed by atoms with Gasteiger partial charge in [-0.15, -0.1) is 0 Å². The Morgan fingerprint density at radius 3 is 2.64 bits per heavy atom. The zero-order chi connectivity index (χ0) is 20.3. The number of ether oxygens (including phenoxy) is 1. The fraction of sp³-hybridized carbons (Fsp3) is 0.0526. The lowest BCUT2D eigenvalue weighted by Gasteiger charge is -2.14. The van der Waals surface area contributed by atoms with Gasteiger partial charge in [0.2, 0.25) is 0 Å². The van der Waals surface area contributed by atoms with Gasteiger partial charge in [-0.3, -0.25) is 20.2 Å². The van der Waals surface area contributed by atoms with Crippen LogP contribution in [0.15, 0.2) is 59.1 Å². The normalized spacial score (nSPS) is 10.4. The predicted octanol–water partition coefficient (Wildman–Crippen LogP) is 4.65. The molecule has 3 aromatic rings. The summed E-state index contributed by atoms with van der Waals surface area (Å²) in [7, 11) is 1.48. The van der Waals surface area contributed by atoms with E-state index >= 15 is 0 Å². The number of methoxy groups -OCH3 is 1. The smallest absolute Gasteiger partial charge is 0.271 e. The Morgan fingerprint density at radius 1 is 1.18 bits per heavy atom. The Balaban J connectivity index is 1.84. The molecule has 0 aliphatic carbocycles. The van der Waals surface area contributed by atoms with Crippen molar-refractivity contribution in [1.29, 1.82) is 0 Å². The Labute approximate surface area is 174 Å². The van der Waals surface area contributed by atoms with Crippen molar-refractivity contribution >= 4 is 61.3 Å². The number of nitro benzene ring substituents is 1. The maximum absolute atomic E-state index is 12.7. The number of benzene rings is 3. The van der Waals surface area contributed by atoms with E-state index in [0.717, 1.165) is 10.8 Å². The maximum Gasteiger partial charge on any atom is 0.271 e. The second-order valence-corrected chi connectivity index (χ2v) is 6.91. The number of nitrogens with zero attached hydrogens (tertiary/aromatic N) is 1. The zero-order valence-corrected chi connectivity index (χ0v) is 17.0. The molecular weight excluding hydrogens is 446 g/mol. The largest absolute Gasteiger partial charge is 0.495 e. The van der Waals surface area contributed by atoms with Gasteiger partial charge in [0.05, 0.1) is 22.1 Å². The third-order valence-corrected chi connectivity index (χ3v) is 4.92. The van der Waals surface area contributed by atoms with E-state index in [1.54, 1.807) is 12.1 Å². The molecule has 3 aromatic carbocycles. The van der Waals surface area contributed by atoms with Gasteiger partial charge in [-0.05, 0) is 51.1 Å². The van der Waals surface area contributed by atoms with E-state index in [9.17, 15) is 14.9 Å². The maximum atomic E-state index is 12.7. The number of carbonyl (C=O) groups excluding carboxylic acids is 1. The summed E-state index contributed by atoms with van der Waals surface area (Å²) in [6.45, 7) is 0. The van der Waals surface area contributed by atoms with E-state index in [1.165, 1.54) is 25.3 Å². The molecule has 0 atom stereocenters. The summed E-state index contributed by atoms with van der Waals surface area (Å²) >= 11 is 8.65. The van der Waals surface area contributed by atoms with Crippen LogP contribution in [0.5, 0.6) is 5.75 Å². The number of non-ortho nitro benzene ring substituents is 1. The molecule has 0 fully saturated rings. The first-order valence-corrected chi connectivity index (χ1v) is 9.23. The van der Waals surface area contributed by atoms with Crippen molar-refractivity contribution in [2.75, 3.05) is 12.4 Å².